The van der Waals surface area contributed by atoms with Crippen molar-refractivity contribution < 1.29 is 19.4 Å². The molecule has 5 nitrogen and oxygen atoms in total. The molecular weight excluding hydrogens is 282 g/mol. The van der Waals surface area contributed by atoms with Gasteiger partial charge in [-0.05, 0) is 25.2 Å². The second-order valence-corrected chi connectivity index (χ2v) is 5.16. The molecule has 0 saturated heterocycles. The Morgan fingerprint density at radius 2 is 1.82 bits per heavy atom. The molecule has 0 aliphatic heterocycles. The second kappa shape index (κ2) is 19.0. The Bertz CT molecular complexity index is 304. The average molecular weight is 313 g/mol. The lowest BCUT2D eigenvalue weighted by atomic mass is 10.3. The number of aliphatic carboxylic acids is 1. The lowest BCUT2D eigenvalue weighted by Gasteiger charge is -2.01. The van der Waals surface area contributed by atoms with Gasteiger partial charge in [-0.3, -0.25) is 4.79 Å². The number of unbranched alkanes of at least 4 members (excludes halogenated alkanes) is 1. The van der Waals surface area contributed by atoms with E-state index >= 15 is 0 Å². The number of carbonyl (C=O) groups is 2. The van der Waals surface area contributed by atoms with Gasteiger partial charge in [0.25, 0.3) is 0 Å². The van der Waals surface area contributed by atoms with Crippen molar-refractivity contribution >= 4 is 12.1 Å². The number of hydrogen-bond donors (Lipinski definition) is 2. The van der Waals surface area contributed by atoms with Gasteiger partial charge in [0.05, 0.1) is 0 Å². The molecule has 0 atom stereocenters. The molecule has 1 aliphatic carbocycles. The smallest absolute Gasteiger partial charge is 0.407 e. The van der Waals surface area contributed by atoms with E-state index in [2.05, 4.69) is 52.4 Å². The van der Waals surface area contributed by atoms with Gasteiger partial charge in [0, 0.05) is 0 Å². The van der Waals surface area contributed by atoms with E-state index < -0.39 is 12.1 Å². The lowest BCUT2D eigenvalue weighted by Crippen LogP contribution is -2.30. The molecule has 0 bridgehead atoms. The number of allylic oxidation sites excluding steroid dienone is 1. The first-order valence-electron chi connectivity index (χ1n) is 7.43. The summed E-state index contributed by atoms with van der Waals surface area (Å²) in [5, 5.41) is 10.2. The van der Waals surface area contributed by atoms with E-state index in [1.54, 1.807) is 0 Å². The van der Waals surface area contributed by atoms with Gasteiger partial charge in [-0.2, -0.15) is 0 Å². The number of carbonyl (C=O) groups excluding carboxylic acids is 1. The van der Waals surface area contributed by atoms with E-state index in [1.807, 2.05) is 6.08 Å². The molecule has 1 fully saturated rings. The van der Waals surface area contributed by atoms with Crippen LogP contribution in [0.5, 0.6) is 0 Å². The van der Waals surface area contributed by atoms with E-state index in [0.717, 1.165) is 25.2 Å². The molecule has 1 amide bonds. The van der Waals surface area contributed by atoms with Gasteiger partial charge in [-0.15, -0.1) is 19.4 Å². The minimum atomic E-state index is -1.07. The molecule has 128 valence electrons. The quantitative estimate of drug-likeness (QED) is 0.597. The lowest BCUT2D eigenvalue weighted by molar-refractivity contribution is -0.135. The zero-order chi connectivity index (χ0) is 18.0. The van der Waals surface area contributed by atoms with Gasteiger partial charge in [-0.25, -0.2) is 4.79 Å². The Morgan fingerprint density at radius 3 is 2.05 bits per heavy atom. The molecule has 0 spiro atoms. The molecule has 0 aromatic heterocycles. The molecule has 1 saturated carbocycles. The highest BCUT2D eigenvalue weighted by Crippen LogP contribution is 2.23. The van der Waals surface area contributed by atoms with Crippen LogP contribution < -0.4 is 5.32 Å². The number of rotatable bonds is 5. The van der Waals surface area contributed by atoms with Crippen LogP contribution in [0.3, 0.4) is 0 Å². The Kier molecular flexibility index (Phi) is 21.7. The topological polar surface area (TPSA) is 75.6 Å². The molecular formula is C17H31NO4. The van der Waals surface area contributed by atoms with Gasteiger partial charge in [-0.1, -0.05) is 40.2 Å². The Labute approximate surface area is 135 Å². The molecule has 5 heteroatoms. The van der Waals surface area contributed by atoms with Crippen molar-refractivity contribution in [3.8, 4) is 12.8 Å². The van der Waals surface area contributed by atoms with Crippen LogP contribution in [0.4, 0.5) is 4.79 Å². The zero-order valence-electron chi connectivity index (χ0n) is 14.3. The van der Waals surface area contributed by atoms with Gasteiger partial charge >= 0.3 is 12.1 Å². The highest BCUT2D eigenvalue weighted by molar-refractivity contribution is 5.76. The Hall–Kier alpha value is -1.96. The third-order valence-corrected chi connectivity index (χ3v) is 1.67. The number of nitrogens with one attached hydrogen (secondary N) is 1. The fourth-order valence-electron chi connectivity index (χ4n) is 0.731. The average Bonchev–Trinajstić information content (AvgIpc) is 3.24. The minimum Gasteiger partial charge on any atom is -0.480 e. The second-order valence-electron chi connectivity index (χ2n) is 5.16. The van der Waals surface area contributed by atoms with Gasteiger partial charge < -0.3 is 15.2 Å². The van der Waals surface area contributed by atoms with Crippen molar-refractivity contribution in [3.63, 3.8) is 0 Å². The van der Waals surface area contributed by atoms with Crippen molar-refractivity contribution in [1.29, 1.82) is 0 Å². The molecule has 2 N–H and O–H groups in total. The summed E-state index contributed by atoms with van der Waals surface area (Å²) < 4.78 is 4.70. The van der Waals surface area contributed by atoms with Crippen LogP contribution in [0.1, 0.15) is 53.4 Å². The van der Waals surface area contributed by atoms with E-state index in [9.17, 15) is 9.59 Å². The monoisotopic (exact) mass is 313 g/mol. The molecule has 0 aromatic carbocycles. The Morgan fingerprint density at radius 1 is 1.36 bits per heavy atom. The maximum absolute atomic E-state index is 10.6. The van der Waals surface area contributed by atoms with Crippen molar-refractivity contribution in [2.24, 2.45) is 5.92 Å². The van der Waals surface area contributed by atoms with E-state index in [1.165, 1.54) is 6.42 Å². The standard InChI is InChI=1S/C6H9NO4.C5H10.C4H10.C2H2/c8-5(9)3-7-6(10)11-4-1-2-4;1-3-5-4-2;1-4(2)3;1-2/h4H,1-3H2,(H,7,10)(H,8,9);3H,1,4-5H2,2H3;4H,1-3H3;1-2H. The van der Waals surface area contributed by atoms with Crippen LogP contribution >= 0.6 is 0 Å². The first-order chi connectivity index (χ1) is 10.3. The van der Waals surface area contributed by atoms with Crippen LogP contribution in [0.15, 0.2) is 12.7 Å². The van der Waals surface area contributed by atoms with Crippen molar-refractivity contribution in [1.82, 2.24) is 5.32 Å². The third kappa shape index (κ3) is 36.1. The number of alkyl carbamates (subject to hydrolysis) is 1. The van der Waals surface area contributed by atoms with Crippen LogP contribution in [0.2, 0.25) is 0 Å². The predicted molar refractivity (Wildman–Crippen MR) is 90.6 cm³/mol. The summed E-state index contributed by atoms with van der Waals surface area (Å²) in [6.07, 6.45) is 13.5. The predicted octanol–water partition coefficient (Wildman–Crippen LogP) is 3.84. The number of terminal acetylenes is 1. The molecule has 0 unspecified atom stereocenters. The van der Waals surface area contributed by atoms with Crippen LogP contribution in [-0.2, 0) is 9.53 Å². The van der Waals surface area contributed by atoms with E-state index in [4.69, 9.17) is 9.84 Å². The summed E-state index contributed by atoms with van der Waals surface area (Å²) >= 11 is 0. The number of hydrogen-bond acceptors (Lipinski definition) is 3. The van der Waals surface area contributed by atoms with Gasteiger partial charge in [0.2, 0.25) is 0 Å². The number of carboxylic acids is 1. The van der Waals surface area contributed by atoms with E-state index in [0.29, 0.717) is 0 Å². The van der Waals surface area contributed by atoms with E-state index in [-0.39, 0.29) is 12.6 Å². The fourth-order valence-corrected chi connectivity index (χ4v) is 0.731. The third-order valence-electron chi connectivity index (χ3n) is 1.67. The summed E-state index contributed by atoms with van der Waals surface area (Å²) in [5.41, 5.74) is 0. The number of ether oxygens (including phenoxy) is 1. The maximum atomic E-state index is 10.6. The summed E-state index contributed by atoms with van der Waals surface area (Å²) in [5.74, 6) is -0.238. The van der Waals surface area contributed by atoms with Crippen molar-refractivity contribution in [2.75, 3.05) is 6.54 Å². The van der Waals surface area contributed by atoms with Gasteiger partial charge in [0.15, 0.2) is 0 Å². The normalized spacial score (nSPS) is 11.2. The molecule has 1 rings (SSSR count). The summed E-state index contributed by atoms with van der Waals surface area (Å²) in [6.45, 7) is 11.8. The SMILES string of the molecule is C#C.C=CCCC.CC(C)C.O=C(O)CNC(=O)OC1CC1. The van der Waals surface area contributed by atoms with Crippen LogP contribution in [-0.4, -0.2) is 29.8 Å². The highest BCUT2D eigenvalue weighted by Gasteiger charge is 2.25. The fraction of sp³-hybridized carbons (Fsp3) is 0.647. The first-order valence-corrected chi connectivity index (χ1v) is 7.43. The summed E-state index contributed by atoms with van der Waals surface area (Å²) in [7, 11) is 0. The number of carboxylic acid groups (broad SMARTS) is 1. The number of amides is 1. The van der Waals surface area contributed by atoms with Crippen molar-refractivity contribution in [2.45, 2.75) is 59.5 Å². The van der Waals surface area contributed by atoms with Gasteiger partial charge in [0.1, 0.15) is 12.6 Å². The minimum absolute atomic E-state index is 0.0174. The summed E-state index contributed by atoms with van der Waals surface area (Å²) in [6, 6.07) is 0. The van der Waals surface area contributed by atoms with Crippen LogP contribution in [0.25, 0.3) is 0 Å². The van der Waals surface area contributed by atoms with Crippen LogP contribution in [0, 0.1) is 18.8 Å². The molecule has 22 heavy (non-hydrogen) atoms. The molecule has 0 heterocycles. The van der Waals surface area contributed by atoms with Crippen molar-refractivity contribution in [3.05, 3.63) is 12.7 Å². The maximum Gasteiger partial charge on any atom is 0.407 e. The summed E-state index contributed by atoms with van der Waals surface area (Å²) in [4.78, 5) is 20.5. The molecule has 0 radical (unpaired) electrons. The molecule has 0 aromatic rings. The zero-order valence-corrected chi connectivity index (χ0v) is 14.3. The molecule has 1 aliphatic rings. The largest absolute Gasteiger partial charge is 0.480 e. The Balaban J connectivity index is -0.000000276. The highest BCUT2D eigenvalue weighted by atomic mass is 16.6. The first kappa shape index (κ1) is 25.0.